The van der Waals surface area contributed by atoms with Crippen molar-refractivity contribution < 1.29 is 9.59 Å². The number of fused-ring (bicyclic) bond motifs is 1. The Morgan fingerprint density at radius 1 is 1.12 bits per heavy atom. The first-order valence-corrected chi connectivity index (χ1v) is 9.76. The molecule has 2 amide bonds. The second-order valence-corrected chi connectivity index (χ2v) is 7.53. The summed E-state index contributed by atoms with van der Waals surface area (Å²) in [7, 11) is 1.91. The van der Waals surface area contributed by atoms with E-state index in [0.717, 1.165) is 63.7 Å². The summed E-state index contributed by atoms with van der Waals surface area (Å²) in [5.41, 5.74) is 2.36. The predicted molar refractivity (Wildman–Crippen MR) is 100 cm³/mol. The first-order valence-electron chi connectivity index (χ1n) is 9.76. The van der Waals surface area contributed by atoms with Crippen molar-refractivity contribution >= 4 is 17.5 Å². The highest BCUT2D eigenvalue weighted by molar-refractivity contribution is 5.97. The van der Waals surface area contributed by atoms with Gasteiger partial charge in [0.1, 0.15) is 0 Å². The smallest absolute Gasteiger partial charge is 0.230 e. The molecular weight excluding hydrogens is 312 g/mol. The molecule has 0 radical (unpaired) electrons. The maximum Gasteiger partial charge on any atom is 0.230 e. The lowest BCUT2D eigenvalue weighted by atomic mass is 9.80. The second-order valence-electron chi connectivity index (χ2n) is 7.53. The Labute approximate surface area is 151 Å². The fourth-order valence-electron chi connectivity index (χ4n) is 4.19. The molecule has 25 heavy (non-hydrogen) atoms. The minimum absolute atomic E-state index is 0.0798. The highest BCUT2D eigenvalue weighted by Crippen LogP contribution is 2.35. The van der Waals surface area contributed by atoms with Gasteiger partial charge in [-0.2, -0.15) is 0 Å². The topological polar surface area (TPSA) is 40.6 Å². The van der Waals surface area contributed by atoms with E-state index in [9.17, 15) is 9.59 Å². The van der Waals surface area contributed by atoms with Gasteiger partial charge < -0.3 is 9.80 Å². The molecule has 0 bridgehead atoms. The number of carbonyl (C=O) groups excluding carboxylic acids is 2. The van der Waals surface area contributed by atoms with Crippen molar-refractivity contribution in [3.05, 3.63) is 29.8 Å². The summed E-state index contributed by atoms with van der Waals surface area (Å²) < 4.78 is 0. The van der Waals surface area contributed by atoms with Crippen LogP contribution in [0.15, 0.2) is 24.3 Å². The summed E-state index contributed by atoms with van der Waals surface area (Å²) in [5.74, 6) is 0.717. The van der Waals surface area contributed by atoms with E-state index in [4.69, 9.17) is 0 Å². The molecule has 1 aromatic carbocycles. The van der Waals surface area contributed by atoms with Crippen LogP contribution in [0.2, 0.25) is 0 Å². The Balaban J connectivity index is 1.54. The highest BCUT2D eigenvalue weighted by Gasteiger charge is 2.35. The second kappa shape index (κ2) is 8.03. The largest absolute Gasteiger partial charge is 0.346 e. The lowest BCUT2D eigenvalue weighted by Gasteiger charge is -2.32. The Hall–Kier alpha value is -1.84. The molecule has 1 heterocycles. The van der Waals surface area contributed by atoms with Crippen molar-refractivity contribution in [2.24, 2.45) is 11.8 Å². The number of amides is 2. The number of para-hydroxylation sites is 1. The molecule has 136 valence electrons. The minimum atomic E-state index is 0.0798. The maximum absolute atomic E-state index is 12.9. The van der Waals surface area contributed by atoms with Crippen molar-refractivity contribution in [3.63, 3.8) is 0 Å². The van der Waals surface area contributed by atoms with Gasteiger partial charge in [0.2, 0.25) is 11.8 Å². The molecule has 1 saturated carbocycles. The fourth-order valence-corrected chi connectivity index (χ4v) is 4.19. The number of hydrogen-bond acceptors (Lipinski definition) is 2. The van der Waals surface area contributed by atoms with Gasteiger partial charge in [-0.3, -0.25) is 9.59 Å². The van der Waals surface area contributed by atoms with Crippen LogP contribution in [0.1, 0.15) is 51.0 Å². The zero-order valence-electron chi connectivity index (χ0n) is 15.5. The van der Waals surface area contributed by atoms with Crippen LogP contribution in [-0.2, 0) is 16.0 Å². The number of anilines is 1. The van der Waals surface area contributed by atoms with Crippen LogP contribution in [-0.4, -0.2) is 36.9 Å². The SMILES string of the molecule is CCCCN(C)C(=O)C1CCC(C(=O)N2CCc3ccccc32)CC1. The van der Waals surface area contributed by atoms with E-state index in [-0.39, 0.29) is 23.7 Å². The molecule has 1 fully saturated rings. The van der Waals surface area contributed by atoms with Gasteiger partial charge in [0.15, 0.2) is 0 Å². The average Bonchev–Trinajstić information content (AvgIpc) is 3.09. The third-order valence-electron chi connectivity index (χ3n) is 5.80. The maximum atomic E-state index is 12.9. The van der Waals surface area contributed by atoms with Gasteiger partial charge in [0.05, 0.1) is 0 Å². The Morgan fingerprint density at radius 3 is 2.52 bits per heavy atom. The van der Waals surface area contributed by atoms with Crippen molar-refractivity contribution in [1.82, 2.24) is 4.90 Å². The van der Waals surface area contributed by atoms with Gasteiger partial charge >= 0.3 is 0 Å². The van der Waals surface area contributed by atoms with Crippen LogP contribution in [0, 0.1) is 11.8 Å². The van der Waals surface area contributed by atoms with Crippen molar-refractivity contribution in [3.8, 4) is 0 Å². The van der Waals surface area contributed by atoms with Crippen molar-refractivity contribution in [2.75, 3.05) is 25.0 Å². The summed E-state index contributed by atoms with van der Waals surface area (Å²) in [6.45, 7) is 3.79. The molecule has 1 aromatic rings. The molecule has 4 heteroatoms. The summed E-state index contributed by atoms with van der Waals surface area (Å²) in [4.78, 5) is 29.3. The van der Waals surface area contributed by atoms with E-state index in [1.54, 1.807) is 0 Å². The Kier molecular flexibility index (Phi) is 5.77. The molecule has 0 N–H and O–H groups in total. The molecule has 2 aliphatic rings. The van der Waals surface area contributed by atoms with E-state index in [0.29, 0.717) is 0 Å². The average molecular weight is 342 g/mol. The van der Waals surface area contributed by atoms with Crippen molar-refractivity contribution in [1.29, 1.82) is 0 Å². The zero-order valence-corrected chi connectivity index (χ0v) is 15.5. The molecule has 1 aliphatic carbocycles. The third kappa shape index (κ3) is 3.88. The number of nitrogens with zero attached hydrogens (tertiary/aromatic N) is 2. The van der Waals surface area contributed by atoms with E-state index < -0.39 is 0 Å². The van der Waals surface area contributed by atoms with E-state index in [1.807, 2.05) is 29.0 Å². The number of benzene rings is 1. The minimum Gasteiger partial charge on any atom is -0.346 e. The lowest BCUT2D eigenvalue weighted by molar-refractivity contribution is -0.136. The quantitative estimate of drug-likeness (QED) is 0.820. The Bertz CT molecular complexity index is 620. The van der Waals surface area contributed by atoms with Gasteiger partial charge in [-0.05, 0) is 50.2 Å². The highest BCUT2D eigenvalue weighted by atomic mass is 16.2. The molecule has 1 aliphatic heterocycles. The number of unbranched alkanes of at least 4 members (excludes halogenated alkanes) is 1. The zero-order chi connectivity index (χ0) is 17.8. The lowest BCUT2D eigenvalue weighted by Crippen LogP contribution is -2.40. The van der Waals surface area contributed by atoms with Crippen LogP contribution >= 0.6 is 0 Å². The van der Waals surface area contributed by atoms with Gasteiger partial charge in [-0.1, -0.05) is 31.5 Å². The monoisotopic (exact) mass is 342 g/mol. The third-order valence-corrected chi connectivity index (χ3v) is 5.80. The van der Waals surface area contributed by atoms with E-state index >= 15 is 0 Å². The number of rotatable bonds is 5. The van der Waals surface area contributed by atoms with Gasteiger partial charge in [-0.25, -0.2) is 0 Å². The normalized spacial score (nSPS) is 22.6. The summed E-state index contributed by atoms with van der Waals surface area (Å²) in [6.07, 6.45) is 6.51. The summed E-state index contributed by atoms with van der Waals surface area (Å²) >= 11 is 0. The van der Waals surface area contributed by atoms with Crippen LogP contribution in [0.3, 0.4) is 0 Å². The first kappa shape index (κ1) is 18.0. The molecule has 0 saturated heterocycles. The number of hydrogen-bond donors (Lipinski definition) is 0. The molecule has 0 aromatic heterocycles. The molecule has 0 atom stereocenters. The van der Waals surface area contributed by atoms with Gasteiger partial charge in [0.25, 0.3) is 0 Å². The van der Waals surface area contributed by atoms with E-state index in [1.165, 1.54) is 5.56 Å². The molecule has 4 nitrogen and oxygen atoms in total. The fraction of sp³-hybridized carbons (Fsp3) is 0.619. The van der Waals surface area contributed by atoms with Crippen LogP contribution in [0.5, 0.6) is 0 Å². The molecular formula is C21H30N2O2. The molecule has 3 rings (SSSR count). The van der Waals surface area contributed by atoms with Crippen LogP contribution < -0.4 is 4.90 Å². The summed E-state index contributed by atoms with van der Waals surface area (Å²) in [5, 5.41) is 0. The van der Waals surface area contributed by atoms with Crippen molar-refractivity contribution in [2.45, 2.75) is 51.9 Å². The summed E-state index contributed by atoms with van der Waals surface area (Å²) in [6, 6.07) is 8.22. The standard InChI is InChI=1S/C21H30N2O2/c1-3-4-14-22(2)20(24)17-9-11-18(12-10-17)21(25)23-15-13-16-7-5-6-8-19(16)23/h5-8,17-18H,3-4,9-15H2,1-2H3. The van der Waals surface area contributed by atoms with Gasteiger partial charge in [-0.15, -0.1) is 0 Å². The first-order chi connectivity index (χ1) is 12.1. The van der Waals surface area contributed by atoms with E-state index in [2.05, 4.69) is 19.1 Å². The molecule has 0 unspecified atom stereocenters. The molecule has 0 spiro atoms. The predicted octanol–water partition coefficient (Wildman–Crippen LogP) is 3.64. The van der Waals surface area contributed by atoms with Gasteiger partial charge in [0, 0.05) is 37.7 Å². The number of carbonyl (C=O) groups is 2. The Morgan fingerprint density at radius 2 is 1.80 bits per heavy atom. The van der Waals surface area contributed by atoms with Crippen LogP contribution in [0.25, 0.3) is 0 Å². The van der Waals surface area contributed by atoms with Crippen LogP contribution in [0.4, 0.5) is 5.69 Å².